The smallest absolute Gasteiger partial charge is 0.164 e. The first-order valence-corrected chi connectivity index (χ1v) is 18.5. The fourth-order valence-electron chi connectivity index (χ4n) is 6.13. The Morgan fingerprint density at radius 3 is 1.37 bits per heavy atom. The second-order valence-electron chi connectivity index (χ2n) is 13.0. The van der Waals surface area contributed by atoms with Crippen molar-refractivity contribution in [2.45, 2.75) is 38.9 Å². The van der Waals surface area contributed by atoms with E-state index in [1.807, 2.05) is 60.7 Å². The number of aromatic nitrogens is 3. The molecule has 0 unspecified atom stereocenters. The minimum absolute atomic E-state index is 0.0389. The lowest BCUT2D eigenvalue weighted by Gasteiger charge is -2.24. The maximum Gasteiger partial charge on any atom is 0.164 e. The van der Waals surface area contributed by atoms with Crippen LogP contribution < -0.4 is 5.19 Å². The Morgan fingerprint density at radius 2 is 0.860 bits per heavy atom. The Balaban J connectivity index is 1.25. The van der Waals surface area contributed by atoms with E-state index < -0.39 is 8.07 Å². The molecule has 0 fully saturated rings. The van der Waals surface area contributed by atoms with Gasteiger partial charge in [-0.1, -0.05) is 154 Å². The molecule has 1 aromatic heterocycles. The van der Waals surface area contributed by atoms with E-state index in [1.54, 1.807) is 0 Å². The minimum atomic E-state index is -1.40. The monoisotopic (exact) mass is 573 g/mol. The molecule has 210 valence electrons. The molecule has 3 nitrogen and oxygen atoms in total. The van der Waals surface area contributed by atoms with Gasteiger partial charge in [-0.2, -0.15) is 0 Å². The molecule has 0 aliphatic heterocycles. The minimum Gasteiger partial charge on any atom is -0.208 e. The molecular weight excluding hydrogens is 539 g/mol. The number of hydrogen-bond donors (Lipinski definition) is 0. The van der Waals surface area contributed by atoms with Crippen molar-refractivity contribution < 1.29 is 0 Å². The van der Waals surface area contributed by atoms with E-state index in [-0.39, 0.29) is 5.41 Å². The first-order valence-electron chi connectivity index (χ1n) is 15.0. The maximum atomic E-state index is 4.90. The molecule has 0 atom stereocenters. The van der Waals surface area contributed by atoms with Gasteiger partial charge in [0.2, 0.25) is 0 Å². The van der Waals surface area contributed by atoms with Gasteiger partial charge in [0.05, 0.1) is 8.07 Å². The highest BCUT2D eigenvalue weighted by atomic mass is 28.3. The quantitative estimate of drug-likeness (QED) is 0.193. The van der Waals surface area contributed by atoms with Crippen LogP contribution in [0.1, 0.15) is 25.0 Å². The van der Waals surface area contributed by atoms with Crippen LogP contribution in [-0.2, 0) is 5.41 Å². The van der Waals surface area contributed by atoms with Crippen molar-refractivity contribution in [1.82, 2.24) is 15.0 Å². The summed E-state index contributed by atoms with van der Waals surface area (Å²) in [6, 6.07) is 43.0. The molecule has 0 radical (unpaired) electrons. The number of fused-ring (bicyclic) bond motifs is 3. The van der Waals surface area contributed by atoms with Crippen LogP contribution in [0, 0.1) is 0 Å². The average molecular weight is 574 g/mol. The van der Waals surface area contributed by atoms with Crippen molar-refractivity contribution in [2.24, 2.45) is 0 Å². The van der Waals surface area contributed by atoms with Crippen molar-refractivity contribution >= 4 is 13.3 Å². The van der Waals surface area contributed by atoms with Gasteiger partial charge in [0, 0.05) is 22.1 Å². The number of benzene rings is 5. The fourth-order valence-corrected chi connectivity index (χ4v) is 7.29. The first kappa shape index (κ1) is 27.2. The highest BCUT2D eigenvalue weighted by molar-refractivity contribution is 6.88. The van der Waals surface area contributed by atoms with E-state index in [4.69, 9.17) is 15.0 Å². The van der Waals surface area contributed by atoms with Crippen molar-refractivity contribution in [3.63, 3.8) is 0 Å². The average Bonchev–Trinajstić information content (AvgIpc) is 3.26. The van der Waals surface area contributed by atoms with Gasteiger partial charge >= 0.3 is 0 Å². The molecule has 0 saturated heterocycles. The largest absolute Gasteiger partial charge is 0.208 e. The summed E-state index contributed by atoms with van der Waals surface area (Å²) < 4.78 is 0. The zero-order valence-corrected chi connectivity index (χ0v) is 26.4. The van der Waals surface area contributed by atoms with Crippen LogP contribution in [0.3, 0.4) is 0 Å². The normalized spacial score (nSPS) is 13.4. The summed E-state index contributed by atoms with van der Waals surface area (Å²) in [4.78, 5) is 14.6. The SMILES string of the molecule is CC1(C)c2cc(-c3ccc(-c4nc(-c5ccccc5)nc(-c5ccccc5)n4)cc3)ccc2-c2ccc([Si](C)(C)C)cc21. The topological polar surface area (TPSA) is 38.7 Å². The highest BCUT2D eigenvalue weighted by Gasteiger charge is 2.36. The molecule has 43 heavy (non-hydrogen) atoms. The van der Waals surface area contributed by atoms with Gasteiger partial charge in [-0.3, -0.25) is 0 Å². The van der Waals surface area contributed by atoms with Crippen LogP contribution in [0.5, 0.6) is 0 Å². The van der Waals surface area contributed by atoms with Gasteiger partial charge in [-0.25, -0.2) is 15.0 Å². The standard InChI is InChI=1S/C39H35N3Si/c1-39(2)34-24-30(20-22-32(34)33-23-21-31(25-35(33)39)43(3,4)5)26-16-18-29(19-17-26)38-41-36(27-12-8-6-9-13-27)40-37(42-38)28-14-10-7-11-15-28/h6-25H,1-5H3. The molecule has 0 N–H and O–H groups in total. The van der Waals surface area contributed by atoms with Crippen LogP contribution in [0.4, 0.5) is 0 Å². The number of hydrogen-bond acceptors (Lipinski definition) is 3. The second kappa shape index (κ2) is 10.2. The molecule has 0 saturated carbocycles. The Kier molecular flexibility index (Phi) is 6.48. The Hall–Kier alpha value is -4.67. The molecule has 1 aliphatic carbocycles. The number of rotatable bonds is 5. The molecule has 7 rings (SSSR count). The molecule has 0 bridgehead atoms. The third-order valence-corrected chi connectivity index (χ3v) is 10.8. The summed E-state index contributed by atoms with van der Waals surface area (Å²) in [5.74, 6) is 2.01. The van der Waals surface area contributed by atoms with Crippen LogP contribution in [0.2, 0.25) is 19.6 Å². The van der Waals surface area contributed by atoms with Gasteiger partial charge in [0.1, 0.15) is 0 Å². The third-order valence-electron chi connectivity index (χ3n) is 8.72. The molecule has 0 spiro atoms. The predicted octanol–water partition coefficient (Wildman–Crippen LogP) is 9.39. The lowest BCUT2D eigenvalue weighted by molar-refractivity contribution is 0.661. The van der Waals surface area contributed by atoms with Gasteiger partial charge in [-0.15, -0.1) is 0 Å². The summed E-state index contributed by atoms with van der Waals surface area (Å²) in [5.41, 5.74) is 10.9. The van der Waals surface area contributed by atoms with E-state index >= 15 is 0 Å². The zero-order chi connectivity index (χ0) is 29.8. The van der Waals surface area contributed by atoms with Crippen molar-refractivity contribution in [1.29, 1.82) is 0 Å². The summed E-state index contributed by atoms with van der Waals surface area (Å²) in [7, 11) is -1.40. The van der Waals surface area contributed by atoms with E-state index in [0.717, 1.165) is 16.7 Å². The molecule has 6 aromatic rings. The molecule has 4 heteroatoms. The number of nitrogens with zero attached hydrogens (tertiary/aromatic N) is 3. The van der Waals surface area contributed by atoms with Crippen molar-refractivity contribution in [3.05, 3.63) is 132 Å². The summed E-state index contributed by atoms with van der Waals surface area (Å²) in [5, 5.41) is 1.52. The first-order chi connectivity index (χ1) is 20.7. The zero-order valence-electron chi connectivity index (χ0n) is 25.4. The van der Waals surface area contributed by atoms with Crippen LogP contribution >= 0.6 is 0 Å². The van der Waals surface area contributed by atoms with Gasteiger partial charge in [0.15, 0.2) is 17.5 Å². The Morgan fingerprint density at radius 1 is 0.442 bits per heavy atom. The summed E-state index contributed by atoms with van der Waals surface area (Å²) in [6.45, 7) is 12.0. The van der Waals surface area contributed by atoms with E-state index in [0.29, 0.717) is 17.5 Å². The van der Waals surface area contributed by atoms with Gasteiger partial charge in [-0.05, 0) is 39.4 Å². The molecule has 1 aliphatic rings. The van der Waals surface area contributed by atoms with Crippen molar-refractivity contribution in [2.75, 3.05) is 0 Å². The van der Waals surface area contributed by atoms with Gasteiger partial charge < -0.3 is 0 Å². The molecular formula is C39H35N3Si. The van der Waals surface area contributed by atoms with Gasteiger partial charge in [0.25, 0.3) is 0 Å². The van der Waals surface area contributed by atoms with Crippen LogP contribution in [-0.4, -0.2) is 23.0 Å². The highest BCUT2D eigenvalue weighted by Crippen LogP contribution is 2.49. The van der Waals surface area contributed by atoms with Crippen LogP contribution in [0.15, 0.2) is 121 Å². The second-order valence-corrected chi connectivity index (χ2v) is 18.1. The lowest BCUT2D eigenvalue weighted by atomic mass is 9.81. The maximum absolute atomic E-state index is 4.90. The fraction of sp³-hybridized carbons (Fsp3) is 0.154. The van der Waals surface area contributed by atoms with Crippen molar-refractivity contribution in [3.8, 4) is 56.4 Å². The van der Waals surface area contributed by atoms with Crippen LogP contribution in [0.25, 0.3) is 56.4 Å². The predicted molar refractivity (Wildman–Crippen MR) is 182 cm³/mol. The summed E-state index contributed by atoms with van der Waals surface area (Å²) >= 11 is 0. The Labute approximate surface area is 255 Å². The third kappa shape index (κ3) is 4.92. The summed E-state index contributed by atoms with van der Waals surface area (Å²) in [6.07, 6.45) is 0. The van der Waals surface area contributed by atoms with E-state index in [1.165, 1.54) is 38.6 Å². The molecule has 5 aromatic carbocycles. The lowest BCUT2D eigenvalue weighted by Crippen LogP contribution is -2.38. The Bertz CT molecular complexity index is 1900. The van der Waals surface area contributed by atoms with E-state index in [2.05, 4.69) is 94.2 Å². The van der Waals surface area contributed by atoms with E-state index in [9.17, 15) is 0 Å². The molecule has 1 heterocycles. The molecule has 0 amide bonds.